The first-order chi connectivity index (χ1) is 43.9. The van der Waals surface area contributed by atoms with Gasteiger partial charge in [0.05, 0.1) is 16.7 Å². The van der Waals surface area contributed by atoms with E-state index in [0.717, 1.165) is 124 Å². The summed E-state index contributed by atoms with van der Waals surface area (Å²) >= 11 is 0. The monoisotopic (exact) mass is 1390 g/mol. The molecule has 2 aliphatic rings. The van der Waals surface area contributed by atoms with Crippen LogP contribution in [-0.4, -0.2) is 14.1 Å². The third-order valence-electron chi connectivity index (χ3n) is 20.1. The van der Waals surface area contributed by atoms with Crippen LogP contribution in [0, 0.1) is 18.5 Å². The Bertz CT molecular complexity index is 5380. The molecule has 10 aromatic carbocycles. The minimum Gasteiger partial charge on any atom is -0.510 e. The Hall–Kier alpha value is -9.09. The van der Waals surface area contributed by atoms with Crippen molar-refractivity contribution in [2.45, 2.75) is 130 Å². The Morgan fingerprint density at radius 1 is 0.462 bits per heavy atom. The topological polar surface area (TPSA) is 49.0 Å². The van der Waals surface area contributed by atoms with Crippen molar-refractivity contribution in [2.24, 2.45) is 0 Å². The first-order valence-corrected chi connectivity index (χ1v) is 32.6. The van der Waals surface area contributed by atoms with Gasteiger partial charge in [0, 0.05) is 55.1 Å². The van der Waals surface area contributed by atoms with Crippen molar-refractivity contribution in [3.8, 4) is 84.3 Å². The zero-order chi connectivity index (χ0) is 63.5. The first kappa shape index (κ1) is 60.2. The molecule has 0 amide bonds. The summed E-state index contributed by atoms with van der Waals surface area (Å²) in [4.78, 5) is 4.96. The van der Waals surface area contributed by atoms with Crippen LogP contribution in [0.5, 0.6) is 11.5 Å². The molecule has 0 saturated carbocycles. The number of ether oxygens (including phenoxy) is 1. The minimum atomic E-state index is -0.227. The van der Waals surface area contributed by atoms with Crippen LogP contribution in [0.3, 0.4) is 0 Å². The number of para-hydroxylation sites is 2. The number of furan rings is 1. The van der Waals surface area contributed by atoms with Crippen molar-refractivity contribution in [1.29, 1.82) is 0 Å². The smallest absolute Gasteiger partial charge is 0.268 e. The van der Waals surface area contributed by atoms with Crippen LogP contribution >= 0.6 is 0 Å². The maximum absolute atomic E-state index is 7.00. The Morgan fingerprint density at radius 3 is 1.81 bits per heavy atom. The second-order valence-corrected chi connectivity index (χ2v) is 30.3. The molecule has 464 valence electrons. The fourth-order valence-electron chi connectivity index (χ4n) is 14.7. The van der Waals surface area contributed by atoms with Crippen molar-refractivity contribution in [2.75, 3.05) is 0 Å². The van der Waals surface area contributed by atoms with Crippen LogP contribution in [0.2, 0.25) is 0 Å². The van der Waals surface area contributed by atoms with Gasteiger partial charge >= 0.3 is 0 Å². The molecule has 5 heterocycles. The zero-order valence-corrected chi connectivity index (χ0v) is 57.7. The van der Waals surface area contributed by atoms with Gasteiger partial charge in [-0.3, -0.25) is 4.57 Å². The second-order valence-electron chi connectivity index (χ2n) is 30.3. The van der Waals surface area contributed by atoms with E-state index in [0.29, 0.717) is 11.5 Å². The van der Waals surface area contributed by atoms with E-state index in [1.807, 2.05) is 18.3 Å². The van der Waals surface area contributed by atoms with Crippen molar-refractivity contribution in [3.05, 3.63) is 247 Å². The largest absolute Gasteiger partial charge is 0.510 e. The fraction of sp³-hybridized carbons (Fsp3) is 0.233. The van der Waals surface area contributed by atoms with Gasteiger partial charge in [-0.1, -0.05) is 211 Å². The second kappa shape index (κ2) is 21.5. The molecule has 6 nitrogen and oxygen atoms in total. The summed E-state index contributed by atoms with van der Waals surface area (Å²) in [6, 6.07) is 79.2. The maximum Gasteiger partial charge on any atom is 0.268 e. The van der Waals surface area contributed by atoms with Crippen molar-refractivity contribution in [1.82, 2.24) is 14.1 Å². The molecule has 0 N–H and O–H groups in total. The van der Waals surface area contributed by atoms with Crippen LogP contribution in [-0.2, 0) is 48.1 Å². The van der Waals surface area contributed by atoms with Gasteiger partial charge in [0.25, 0.3) is 6.33 Å². The predicted molar refractivity (Wildman–Crippen MR) is 379 cm³/mol. The molecule has 1 aliphatic carbocycles. The maximum atomic E-state index is 7.00. The molecule has 14 aromatic rings. The minimum absolute atomic E-state index is 0. The van der Waals surface area contributed by atoms with Gasteiger partial charge in [-0.05, 0) is 183 Å². The Labute approximate surface area is 560 Å². The molecule has 16 rings (SSSR count). The standard InChI is InChI=1S/C86H76N4O2.Pt/c1-82(2,3)55-32-29-52(30-33-55)54-42-70-62-24-15-14-23-61(62)67-49-72-73(86(12,13)39-38-85(72,10)11)50-68(67)71-45-57(84(7,8)9)44-66(53-31-36-78-69(41-53)65-26-17-19-28-77(65)92-78)80(71)89-51-88(76(43-54)81(70)89)58-21-20-22-59(47-58)91-60-34-35-64-63-25-16-18-27-74(63)90(75(64)48-60)79-46-56(37-40-87-79)83(4,5)6;/h14-37,40-46,49-50H,38-39H2,1-13H3;/q-2;. The van der Waals surface area contributed by atoms with E-state index < -0.39 is 0 Å². The third kappa shape index (κ3) is 10.0. The van der Waals surface area contributed by atoms with Crippen molar-refractivity contribution < 1.29 is 34.8 Å². The van der Waals surface area contributed by atoms with Gasteiger partial charge in [0.15, 0.2) is 0 Å². The van der Waals surface area contributed by atoms with Crippen molar-refractivity contribution in [3.63, 3.8) is 0 Å². The summed E-state index contributed by atoms with van der Waals surface area (Å²) < 4.78 is 20.4. The van der Waals surface area contributed by atoms with Crippen LogP contribution in [0.25, 0.3) is 128 Å². The number of hydrogen-bond donors (Lipinski definition) is 0. The number of benzene rings is 10. The zero-order valence-electron chi connectivity index (χ0n) is 55.4. The Morgan fingerprint density at radius 2 is 1.09 bits per heavy atom. The molecule has 0 bridgehead atoms. The van der Waals surface area contributed by atoms with E-state index in [9.17, 15) is 0 Å². The van der Waals surface area contributed by atoms with Gasteiger partial charge in [-0.15, -0.1) is 29.7 Å². The number of rotatable bonds is 6. The molecule has 0 unspecified atom stereocenters. The van der Waals surface area contributed by atoms with E-state index in [2.05, 4.69) is 304 Å². The molecule has 0 radical (unpaired) electrons. The van der Waals surface area contributed by atoms with Gasteiger partial charge in [0.2, 0.25) is 0 Å². The van der Waals surface area contributed by atoms with E-state index in [-0.39, 0.29) is 48.1 Å². The Balaban J connectivity index is 0.00000716. The average Bonchev–Trinajstić information content (AvgIpc) is 1.53. The van der Waals surface area contributed by atoms with Gasteiger partial charge in [0.1, 0.15) is 17.0 Å². The summed E-state index contributed by atoms with van der Waals surface area (Å²) in [6.45, 7) is 30.4. The number of pyridine rings is 1. The molecular formula is C86H76N4O2Pt-2. The average molecular weight is 1390 g/mol. The summed E-state index contributed by atoms with van der Waals surface area (Å²) in [5, 5.41) is 4.37. The number of fused-ring (bicyclic) bond motifs is 14. The molecule has 0 saturated heterocycles. The molecule has 1 aliphatic heterocycles. The number of hydrogen-bond acceptors (Lipinski definition) is 3. The summed E-state index contributed by atoms with van der Waals surface area (Å²) in [6.07, 6.45) is 8.29. The van der Waals surface area contributed by atoms with E-state index >= 15 is 0 Å². The van der Waals surface area contributed by atoms with Gasteiger partial charge in [-0.2, -0.15) is 18.2 Å². The Kier molecular flexibility index (Phi) is 13.9. The first-order valence-electron chi connectivity index (χ1n) is 32.6. The quantitative estimate of drug-likeness (QED) is 0.123. The SMILES string of the molecule is CC(C)(C)c1ccc(-c2cc3c4c(c2)n(-c2[c-]c(Oc5[c-]c6c(cc5)c5ccccc5n6-c5cc(C(C)(C)C)ccn5)ccc2)[c-][n+]4-c2c(-c4ccc5oc6ccccc6c5c4)cc(C(C)(C)C)cc2-c2cc4c(cc2-c2ccccc2-3)C(C)(C)CCC4(C)C)cc1.[Pt]. The van der Waals surface area contributed by atoms with E-state index in [1.165, 1.54) is 44.5 Å². The molecular weight excluding hydrogens is 1320 g/mol. The van der Waals surface area contributed by atoms with Gasteiger partial charge < -0.3 is 18.3 Å². The van der Waals surface area contributed by atoms with Gasteiger partial charge in [-0.25, -0.2) is 4.98 Å². The number of imidazole rings is 1. The van der Waals surface area contributed by atoms with Crippen LogP contribution in [0.15, 0.2) is 205 Å². The normalized spacial score (nSPS) is 14.3. The molecule has 0 atom stereocenters. The van der Waals surface area contributed by atoms with Crippen LogP contribution in [0.1, 0.15) is 131 Å². The van der Waals surface area contributed by atoms with Crippen LogP contribution < -0.4 is 9.30 Å². The van der Waals surface area contributed by atoms with E-state index in [1.54, 1.807) is 0 Å². The summed E-state index contributed by atoms with van der Waals surface area (Å²) in [5.74, 6) is 1.96. The summed E-state index contributed by atoms with van der Waals surface area (Å²) in [5.41, 5.74) is 25.2. The molecule has 4 aromatic heterocycles. The van der Waals surface area contributed by atoms with Crippen molar-refractivity contribution >= 4 is 54.8 Å². The number of nitrogens with zero attached hydrogens (tertiary/aromatic N) is 4. The molecule has 0 spiro atoms. The molecule has 0 fully saturated rings. The predicted octanol–water partition coefficient (Wildman–Crippen LogP) is 22.4. The van der Waals surface area contributed by atoms with E-state index in [4.69, 9.17) is 14.1 Å². The number of aromatic nitrogens is 4. The third-order valence-corrected chi connectivity index (χ3v) is 20.1. The summed E-state index contributed by atoms with van der Waals surface area (Å²) in [7, 11) is 0. The molecule has 7 heteroatoms. The molecule has 93 heavy (non-hydrogen) atoms. The van der Waals surface area contributed by atoms with Crippen LogP contribution in [0.4, 0.5) is 0 Å². The fourth-order valence-corrected chi connectivity index (χ4v) is 14.7.